The van der Waals surface area contributed by atoms with Crippen molar-refractivity contribution in [1.29, 1.82) is 0 Å². The van der Waals surface area contributed by atoms with Crippen LogP contribution >= 0.6 is 11.3 Å². The van der Waals surface area contributed by atoms with Gasteiger partial charge in [0.15, 0.2) is 0 Å². The smallest absolute Gasteiger partial charge is 0.225 e. The molecule has 2 N–H and O–H groups in total. The second kappa shape index (κ2) is 6.83. The molecular weight excluding hydrogens is 308 g/mol. The van der Waals surface area contributed by atoms with E-state index in [0.717, 1.165) is 27.3 Å². The number of methoxy groups -OCH3 is 1. The van der Waals surface area contributed by atoms with Crippen LogP contribution in [0.5, 0.6) is 5.75 Å². The summed E-state index contributed by atoms with van der Waals surface area (Å²) in [4.78, 5) is 9.17. The Morgan fingerprint density at radius 1 is 1.17 bits per heavy atom. The first-order valence-electron chi connectivity index (χ1n) is 7.55. The molecule has 3 rings (SSSR count). The van der Waals surface area contributed by atoms with Crippen LogP contribution in [-0.2, 0) is 6.54 Å². The maximum Gasteiger partial charge on any atom is 0.225 e. The van der Waals surface area contributed by atoms with Crippen molar-refractivity contribution in [3.8, 4) is 5.75 Å². The lowest BCUT2D eigenvalue weighted by atomic mass is 10.2. The molecule has 6 heteroatoms. The predicted molar refractivity (Wildman–Crippen MR) is 96.5 cm³/mol. The van der Waals surface area contributed by atoms with Crippen LogP contribution in [-0.4, -0.2) is 23.1 Å². The van der Waals surface area contributed by atoms with Gasteiger partial charge in [-0.3, -0.25) is 0 Å². The lowest BCUT2D eigenvalue weighted by Gasteiger charge is -2.13. The van der Waals surface area contributed by atoms with Crippen LogP contribution in [0.15, 0.2) is 35.7 Å². The number of aromatic nitrogens is 2. The van der Waals surface area contributed by atoms with Gasteiger partial charge in [0.1, 0.15) is 11.6 Å². The first-order valence-corrected chi connectivity index (χ1v) is 8.43. The van der Waals surface area contributed by atoms with Gasteiger partial charge in [-0.25, -0.2) is 4.98 Å². The third-order valence-corrected chi connectivity index (χ3v) is 4.27. The molecule has 23 heavy (non-hydrogen) atoms. The van der Waals surface area contributed by atoms with Crippen molar-refractivity contribution < 1.29 is 4.74 Å². The molecule has 0 bridgehead atoms. The van der Waals surface area contributed by atoms with Gasteiger partial charge in [0.25, 0.3) is 0 Å². The summed E-state index contributed by atoms with van der Waals surface area (Å²) in [6, 6.07) is 10.3. The molecule has 1 aromatic carbocycles. The van der Waals surface area contributed by atoms with Crippen LogP contribution in [0.1, 0.15) is 19.4 Å². The monoisotopic (exact) mass is 328 g/mol. The Bertz CT molecular complexity index is 800. The molecule has 0 fully saturated rings. The van der Waals surface area contributed by atoms with E-state index < -0.39 is 0 Å². The van der Waals surface area contributed by atoms with E-state index in [1.807, 2.05) is 35.7 Å². The van der Waals surface area contributed by atoms with Gasteiger partial charge in [0, 0.05) is 18.2 Å². The van der Waals surface area contributed by atoms with E-state index in [1.54, 1.807) is 18.4 Å². The molecule has 0 aliphatic carbocycles. The van der Waals surface area contributed by atoms with Gasteiger partial charge in [0.05, 0.1) is 17.3 Å². The summed E-state index contributed by atoms with van der Waals surface area (Å²) in [6.45, 7) is 4.79. The fourth-order valence-corrected chi connectivity index (χ4v) is 3.13. The van der Waals surface area contributed by atoms with Crippen LogP contribution in [0.4, 0.5) is 11.8 Å². The minimum absolute atomic E-state index is 0.285. The second-order valence-electron chi connectivity index (χ2n) is 5.50. The number of benzene rings is 1. The average molecular weight is 328 g/mol. The van der Waals surface area contributed by atoms with Crippen molar-refractivity contribution in [3.63, 3.8) is 0 Å². The van der Waals surface area contributed by atoms with Gasteiger partial charge in [-0.2, -0.15) is 4.98 Å². The Morgan fingerprint density at radius 2 is 2.00 bits per heavy atom. The predicted octanol–water partition coefficient (Wildman–Crippen LogP) is 4.13. The molecule has 0 amide bonds. The maximum absolute atomic E-state index is 5.40. The molecule has 0 unspecified atom stereocenters. The number of hydrogen-bond donors (Lipinski definition) is 2. The van der Waals surface area contributed by atoms with E-state index in [4.69, 9.17) is 4.74 Å². The van der Waals surface area contributed by atoms with Gasteiger partial charge < -0.3 is 15.4 Å². The van der Waals surface area contributed by atoms with E-state index in [-0.39, 0.29) is 6.04 Å². The molecule has 0 aliphatic rings. The zero-order valence-electron chi connectivity index (χ0n) is 13.5. The van der Waals surface area contributed by atoms with Gasteiger partial charge in [-0.05, 0) is 31.4 Å². The molecule has 0 radical (unpaired) electrons. The van der Waals surface area contributed by atoms with E-state index in [0.29, 0.717) is 12.5 Å². The minimum Gasteiger partial charge on any atom is -0.496 e. The lowest BCUT2D eigenvalue weighted by Crippen LogP contribution is -2.13. The largest absolute Gasteiger partial charge is 0.496 e. The Hall–Kier alpha value is -2.34. The van der Waals surface area contributed by atoms with Gasteiger partial charge in [0.2, 0.25) is 5.95 Å². The lowest BCUT2D eigenvalue weighted by molar-refractivity contribution is 0.410. The number of fused-ring (bicyclic) bond motifs is 1. The Balaban J connectivity index is 1.88. The summed E-state index contributed by atoms with van der Waals surface area (Å²) < 4.78 is 6.46. The number of para-hydroxylation sites is 1. The number of rotatable bonds is 6. The quantitative estimate of drug-likeness (QED) is 0.712. The minimum atomic E-state index is 0.285. The summed E-state index contributed by atoms with van der Waals surface area (Å²) in [5, 5.41) is 8.72. The van der Waals surface area contributed by atoms with Crippen LogP contribution in [0.25, 0.3) is 10.2 Å². The first kappa shape index (κ1) is 15.6. The molecule has 3 aromatic rings. The highest BCUT2D eigenvalue weighted by atomic mass is 32.1. The molecule has 0 saturated heterocycles. The summed E-state index contributed by atoms with van der Waals surface area (Å²) in [5.74, 6) is 2.37. The standard InChI is InChI=1S/C17H20N4OS/c1-11(2)19-17-20-13-8-9-23-15(13)16(21-17)18-10-12-6-4-5-7-14(12)22-3/h4-9,11H,10H2,1-3H3,(H2,18,19,20,21). The summed E-state index contributed by atoms with van der Waals surface area (Å²) in [6.07, 6.45) is 0. The molecule has 2 heterocycles. The Morgan fingerprint density at radius 3 is 2.78 bits per heavy atom. The van der Waals surface area contributed by atoms with E-state index in [1.165, 1.54) is 0 Å². The van der Waals surface area contributed by atoms with Crippen molar-refractivity contribution in [1.82, 2.24) is 9.97 Å². The van der Waals surface area contributed by atoms with Crippen molar-refractivity contribution in [2.24, 2.45) is 0 Å². The molecule has 0 atom stereocenters. The number of thiophene rings is 1. The fraction of sp³-hybridized carbons (Fsp3) is 0.294. The molecule has 5 nitrogen and oxygen atoms in total. The first-order chi connectivity index (χ1) is 11.2. The topological polar surface area (TPSA) is 59.1 Å². The molecule has 0 saturated carbocycles. The summed E-state index contributed by atoms with van der Waals surface area (Å²) in [5.41, 5.74) is 2.05. The van der Waals surface area contributed by atoms with Crippen LogP contribution < -0.4 is 15.4 Å². The van der Waals surface area contributed by atoms with E-state index in [9.17, 15) is 0 Å². The summed E-state index contributed by atoms with van der Waals surface area (Å²) in [7, 11) is 1.69. The third kappa shape index (κ3) is 3.53. The second-order valence-corrected chi connectivity index (χ2v) is 6.41. The maximum atomic E-state index is 5.40. The van der Waals surface area contributed by atoms with Crippen LogP contribution in [0, 0.1) is 0 Å². The van der Waals surface area contributed by atoms with Crippen LogP contribution in [0.2, 0.25) is 0 Å². The van der Waals surface area contributed by atoms with E-state index >= 15 is 0 Å². The molecule has 120 valence electrons. The number of nitrogens with zero attached hydrogens (tertiary/aromatic N) is 2. The van der Waals surface area contributed by atoms with Crippen molar-refractivity contribution in [2.45, 2.75) is 26.4 Å². The average Bonchev–Trinajstić information content (AvgIpc) is 3.00. The number of nitrogens with one attached hydrogen (secondary N) is 2. The Kier molecular flexibility index (Phi) is 4.62. The van der Waals surface area contributed by atoms with Crippen LogP contribution in [0.3, 0.4) is 0 Å². The van der Waals surface area contributed by atoms with Crippen molar-refractivity contribution >= 4 is 33.3 Å². The zero-order chi connectivity index (χ0) is 16.2. The third-order valence-electron chi connectivity index (χ3n) is 3.36. The molecule has 2 aromatic heterocycles. The van der Waals surface area contributed by atoms with Gasteiger partial charge in [-0.1, -0.05) is 18.2 Å². The zero-order valence-corrected chi connectivity index (χ0v) is 14.3. The molecular formula is C17H20N4OS. The Labute approximate surface area is 139 Å². The highest BCUT2D eigenvalue weighted by Crippen LogP contribution is 2.28. The SMILES string of the molecule is COc1ccccc1CNc1nc(NC(C)C)nc2ccsc12. The summed E-state index contributed by atoms with van der Waals surface area (Å²) >= 11 is 1.64. The number of ether oxygens (including phenoxy) is 1. The fourth-order valence-electron chi connectivity index (χ4n) is 2.33. The highest BCUT2D eigenvalue weighted by Gasteiger charge is 2.10. The molecule has 0 spiro atoms. The van der Waals surface area contributed by atoms with Crippen molar-refractivity contribution in [2.75, 3.05) is 17.7 Å². The normalized spacial score (nSPS) is 11.0. The highest BCUT2D eigenvalue weighted by molar-refractivity contribution is 7.17. The van der Waals surface area contributed by atoms with Gasteiger partial charge >= 0.3 is 0 Å². The number of hydrogen-bond acceptors (Lipinski definition) is 6. The number of anilines is 2. The van der Waals surface area contributed by atoms with Crippen molar-refractivity contribution in [3.05, 3.63) is 41.3 Å². The molecule has 0 aliphatic heterocycles. The van der Waals surface area contributed by atoms with Gasteiger partial charge in [-0.15, -0.1) is 11.3 Å². The van der Waals surface area contributed by atoms with E-state index in [2.05, 4.69) is 34.4 Å².